The van der Waals surface area contributed by atoms with Gasteiger partial charge in [0.15, 0.2) is 6.29 Å². The van der Waals surface area contributed by atoms with Crippen molar-refractivity contribution in [2.45, 2.75) is 26.7 Å². The van der Waals surface area contributed by atoms with Crippen LogP contribution in [0, 0.1) is 13.8 Å². The summed E-state index contributed by atoms with van der Waals surface area (Å²) in [5, 5.41) is 3.31. The molecule has 0 atom stereocenters. The average Bonchev–Trinajstić information content (AvgIpc) is 2.27. The first-order valence-electron chi connectivity index (χ1n) is 5.49. The Balaban J connectivity index is 2.42. The molecule has 0 bridgehead atoms. The maximum Gasteiger partial charge on any atom is 0.169 e. The SMILES string of the molecule is COC(CNCc1ccc(C)cc1C)OC. The van der Waals surface area contributed by atoms with E-state index in [9.17, 15) is 0 Å². The van der Waals surface area contributed by atoms with Crippen molar-refractivity contribution in [1.29, 1.82) is 0 Å². The van der Waals surface area contributed by atoms with Crippen molar-refractivity contribution >= 4 is 0 Å². The van der Waals surface area contributed by atoms with Gasteiger partial charge in [-0.25, -0.2) is 0 Å². The van der Waals surface area contributed by atoms with Crippen LogP contribution in [0.25, 0.3) is 0 Å². The number of aryl methyl sites for hydroxylation is 2. The van der Waals surface area contributed by atoms with E-state index in [1.165, 1.54) is 16.7 Å². The smallest absolute Gasteiger partial charge is 0.169 e. The fourth-order valence-electron chi connectivity index (χ4n) is 1.63. The largest absolute Gasteiger partial charge is 0.355 e. The standard InChI is InChI=1S/C13H21NO2/c1-10-5-6-12(11(2)7-10)8-14-9-13(15-3)16-4/h5-7,13-14H,8-9H2,1-4H3. The zero-order chi connectivity index (χ0) is 12.0. The van der Waals surface area contributed by atoms with E-state index in [1.807, 2.05) is 0 Å². The number of benzene rings is 1. The Hall–Kier alpha value is -0.900. The van der Waals surface area contributed by atoms with Crippen LogP contribution in [-0.4, -0.2) is 27.1 Å². The molecule has 90 valence electrons. The molecule has 0 heterocycles. The molecular weight excluding hydrogens is 202 g/mol. The Morgan fingerprint density at radius 1 is 1.19 bits per heavy atom. The summed E-state index contributed by atoms with van der Waals surface area (Å²) < 4.78 is 10.2. The van der Waals surface area contributed by atoms with Crippen molar-refractivity contribution in [2.24, 2.45) is 0 Å². The summed E-state index contributed by atoms with van der Waals surface area (Å²) in [5.41, 5.74) is 3.93. The van der Waals surface area contributed by atoms with Gasteiger partial charge in [-0.05, 0) is 25.0 Å². The summed E-state index contributed by atoms with van der Waals surface area (Å²) in [6.07, 6.45) is -0.175. The lowest BCUT2D eigenvalue weighted by atomic mass is 10.1. The van der Waals surface area contributed by atoms with Crippen LogP contribution in [-0.2, 0) is 16.0 Å². The minimum absolute atomic E-state index is 0.175. The van der Waals surface area contributed by atoms with Crippen LogP contribution in [0.3, 0.4) is 0 Å². The van der Waals surface area contributed by atoms with Gasteiger partial charge >= 0.3 is 0 Å². The van der Waals surface area contributed by atoms with Crippen LogP contribution in [0.2, 0.25) is 0 Å². The lowest BCUT2D eigenvalue weighted by Crippen LogP contribution is -2.29. The van der Waals surface area contributed by atoms with Gasteiger partial charge in [0.2, 0.25) is 0 Å². The van der Waals surface area contributed by atoms with Crippen molar-refractivity contribution in [1.82, 2.24) is 5.32 Å². The Morgan fingerprint density at radius 2 is 1.88 bits per heavy atom. The van der Waals surface area contributed by atoms with E-state index in [1.54, 1.807) is 14.2 Å². The van der Waals surface area contributed by atoms with E-state index in [-0.39, 0.29) is 6.29 Å². The molecule has 1 rings (SSSR count). The Morgan fingerprint density at radius 3 is 2.44 bits per heavy atom. The molecular formula is C13H21NO2. The van der Waals surface area contributed by atoms with Crippen LogP contribution in [0.15, 0.2) is 18.2 Å². The molecule has 0 aliphatic heterocycles. The van der Waals surface area contributed by atoms with Crippen molar-refractivity contribution in [3.63, 3.8) is 0 Å². The van der Waals surface area contributed by atoms with Crippen molar-refractivity contribution in [2.75, 3.05) is 20.8 Å². The molecule has 0 aromatic heterocycles. The molecule has 1 aromatic rings. The van der Waals surface area contributed by atoms with E-state index in [4.69, 9.17) is 9.47 Å². The van der Waals surface area contributed by atoms with E-state index in [0.29, 0.717) is 6.54 Å². The number of hydrogen-bond acceptors (Lipinski definition) is 3. The second-order valence-corrected chi connectivity index (χ2v) is 3.96. The molecule has 3 nitrogen and oxygen atoms in total. The first-order valence-corrected chi connectivity index (χ1v) is 5.49. The molecule has 1 aromatic carbocycles. The second kappa shape index (κ2) is 6.63. The van der Waals surface area contributed by atoms with Gasteiger partial charge in [0, 0.05) is 27.3 Å². The van der Waals surface area contributed by atoms with Crippen molar-refractivity contribution in [3.8, 4) is 0 Å². The van der Waals surface area contributed by atoms with E-state index >= 15 is 0 Å². The molecule has 0 radical (unpaired) electrons. The normalized spacial score (nSPS) is 11.1. The zero-order valence-electron chi connectivity index (χ0n) is 10.5. The van der Waals surface area contributed by atoms with E-state index in [0.717, 1.165) is 6.54 Å². The topological polar surface area (TPSA) is 30.5 Å². The molecule has 3 heteroatoms. The first kappa shape index (κ1) is 13.2. The summed E-state index contributed by atoms with van der Waals surface area (Å²) in [6.45, 7) is 5.78. The van der Waals surface area contributed by atoms with Crippen LogP contribution in [0.4, 0.5) is 0 Å². The molecule has 0 aliphatic carbocycles. The third kappa shape index (κ3) is 3.93. The van der Waals surface area contributed by atoms with Gasteiger partial charge in [0.25, 0.3) is 0 Å². The van der Waals surface area contributed by atoms with Gasteiger partial charge < -0.3 is 14.8 Å². The fraction of sp³-hybridized carbons (Fsp3) is 0.538. The molecule has 0 spiro atoms. The highest BCUT2D eigenvalue weighted by atomic mass is 16.7. The molecule has 0 fully saturated rings. The fourth-order valence-corrected chi connectivity index (χ4v) is 1.63. The molecule has 0 amide bonds. The summed E-state index contributed by atoms with van der Waals surface area (Å²) in [4.78, 5) is 0. The lowest BCUT2D eigenvalue weighted by Gasteiger charge is -2.14. The Labute approximate surface area is 97.8 Å². The van der Waals surface area contributed by atoms with Gasteiger partial charge in [-0.1, -0.05) is 23.8 Å². The predicted molar refractivity (Wildman–Crippen MR) is 65.4 cm³/mol. The maximum absolute atomic E-state index is 5.10. The number of ether oxygens (including phenoxy) is 2. The third-order valence-electron chi connectivity index (χ3n) is 2.65. The van der Waals surface area contributed by atoms with Gasteiger partial charge in [-0.3, -0.25) is 0 Å². The summed E-state index contributed by atoms with van der Waals surface area (Å²) in [5.74, 6) is 0. The van der Waals surface area contributed by atoms with Gasteiger partial charge in [-0.2, -0.15) is 0 Å². The highest BCUT2D eigenvalue weighted by molar-refractivity contribution is 5.30. The zero-order valence-corrected chi connectivity index (χ0v) is 10.5. The number of rotatable bonds is 6. The van der Waals surface area contributed by atoms with E-state index in [2.05, 4.69) is 37.4 Å². The first-order chi connectivity index (χ1) is 7.67. The summed E-state index contributed by atoms with van der Waals surface area (Å²) in [6, 6.07) is 6.49. The number of methoxy groups -OCH3 is 2. The molecule has 0 aliphatic rings. The van der Waals surface area contributed by atoms with Crippen LogP contribution in [0.1, 0.15) is 16.7 Å². The molecule has 0 saturated heterocycles. The Kier molecular flexibility index (Phi) is 5.46. The highest BCUT2D eigenvalue weighted by Gasteiger charge is 2.04. The minimum Gasteiger partial charge on any atom is -0.355 e. The Bertz CT molecular complexity index is 322. The third-order valence-corrected chi connectivity index (χ3v) is 2.65. The summed E-state index contributed by atoms with van der Waals surface area (Å²) in [7, 11) is 3.29. The van der Waals surface area contributed by atoms with Crippen LogP contribution < -0.4 is 5.32 Å². The van der Waals surface area contributed by atoms with Crippen molar-refractivity contribution < 1.29 is 9.47 Å². The monoisotopic (exact) mass is 223 g/mol. The quantitative estimate of drug-likeness (QED) is 0.748. The van der Waals surface area contributed by atoms with Crippen molar-refractivity contribution in [3.05, 3.63) is 34.9 Å². The number of nitrogens with one attached hydrogen (secondary N) is 1. The van der Waals surface area contributed by atoms with Gasteiger partial charge in [0.05, 0.1) is 0 Å². The van der Waals surface area contributed by atoms with Gasteiger partial charge in [0.1, 0.15) is 0 Å². The second-order valence-electron chi connectivity index (χ2n) is 3.96. The lowest BCUT2D eigenvalue weighted by molar-refractivity contribution is -0.0989. The minimum atomic E-state index is -0.175. The van der Waals surface area contributed by atoms with Crippen LogP contribution in [0.5, 0.6) is 0 Å². The highest BCUT2D eigenvalue weighted by Crippen LogP contribution is 2.09. The molecule has 0 saturated carbocycles. The molecule has 16 heavy (non-hydrogen) atoms. The molecule has 1 N–H and O–H groups in total. The number of hydrogen-bond donors (Lipinski definition) is 1. The average molecular weight is 223 g/mol. The predicted octanol–water partition coefficient (Wildman–Crippen LogP) is 2.01. The van der Waals surface area contributed by atoms with E-state index < -0.39 is 0 Å². The summed E-state index contributed by atoms with van der Waals surface area (Å²) >= 11 is 0. The maximum atomic E-state index is 5.10. The molecule has 0 unspecified atom stereocenters. The van der Waals surface area contributed by atoms with Gasteiger partial charge in [-0.15, -0.1) is 0 Å². The van der Waals surface area contributed by atoms with Crippen LogP contribution >= 0.6 is 0 Å².